The van der Waals surface area contributed by atoms with Crippen molar-refractivity contribution in [3.8, 4) is 0 Å². The molecule has 3 rings (SSSR count). The van der Waals surface area contributed by atoms with E-state index >= 15 is 0 Å². The molecule has 0 amide bonds. The lowest BCUT2D eigenvalue weighted by Gasteiger charge is -2.20. The van der Waals surface area contributed by atoms with E-state index in [1.807, 2.05) is 0 Å². The van der Waals surface area contributed by atoms with E-state index in [9.17, 15) is 0 Å². The third-order valence-corrected chi connectivity index (χ3v) is 3.65. The molecule has 0 bridgehead atoms. The third-order valence-electron chi connectivity index (χ3n) is 3.65. The van der Waals surface area contributed by atoms with Crippen molar-refractivity contribution >= 4 is 5.69 Å². The summed E-state index contributed by atoms with van der Waals surface area (Å²) in [6, 6.07) is 7.53. The van der Waals surface area contributed by atoms with Gasteiger partial charge in [-0.1, -0.05) is 12.1 Å². The molecule has 2 atom stereocenters. The number of nitrogens with one attached hydrogen (secondary N) is 1. The first-order valence-electron chi connectivity index (χ1n) is 5.31. The summed E-state index contributed by atoms with van der Waals surface area (Å²) in [6.45, 7) is 4.44. The molecule has 2 unspecified atom stereocenters. The van der Waals surface area contributed by atoms with Crippen molar-refractivity contribution in [1.29, 1.82) is 0 Å². The molecule has 2 nitrogen and oxygen atoms in total. The van der Waals surface area contributed by atoms with Crippen LogP contribution in [0.5, 0.6) is 0 Å². The van der Waals surface area contributed by atoms with E-state index in [0.717, 1.165) is 19.0 Å². The number of benzene rings is 1. The number of likely N-dealkylation sites (N-methyl/N-ethyl adjacent to an activating group) is 1. The fourth-order valence-corrected chi connectivity index (χ4v) is 2.84. The molecule has 0 radical (unpaired) electrons. The van der Waals surface area contributed by atoms with Crippen LogP contribution >= 0.6 is 0 Å². The van der Waals surface area contributed by atoms with Crippen LogP contribution in [0.4, 0.5) is 5.69 Å². The SMILES string of the molecule is Cc1ccc2c(c1)N(C)C1CNCC21. The monoisotopic (exact) mass is 188 g/mol. The van der Waals surface area contributed by atoms with Crippen LogP contribution in [0.1, 0.15) is 17.0 Å². The number of fused-ring (bicyclic) bond motifs is 3. The third kappa shape index (κ3) is 0.947. The average molecular weight is 188 g/mol. The molecule has 0 aromatic heterocycles. The Bertz CT molecular complexity index is 373. The summed E-state index contributed by atoms with van der Waals surface area (Å²) in [6.07, 6.45) is 0. The van der Waals surface area contributed by atoms with E-state index in [2.05, 4.69) is 42.4 Å². The lowest BCUT2D eigenvalue weighted by Crippen LogP contribution is -2.31. The van der Waals surface area contributed by atoms with Gasteiger partial charge in [0, 0.05) is 37.8 Å². The lowest BCUT2D eigenvalue weighted by atomic mass is 9.97. The standard InChI is InChI=1S/C12H16N2/c1-8-3-4-9-10-6-13-7-12(10)14(2)11(9)5-8/h3-5,10,12-13H,6-7H2,1-2H3. The van der Waals surface area contributed by atoms with Gasteiger partial charge in [-0.05, 0) is 24.1 Å². The number of rotatable bonds is 0. The van der Waals surface area contributed by atoms with E-state index in [0.29, 0.717) is 6.04 Å². The second-order valence-corrected chi connectivity index (χ2v) is 4.51. The largest absolute Gasteiger partial charge is 0.369 e. The number of nitrogens with zero attached hydrogens (tertiary/aromatic N) is 1. The number of anilines is 1. The quantitative estimate of drug-likeness (QED) is 0.663. The second kappa shape index (κ2) is 2.74. The van der Waals surface area contributed by atoms with Gasteiger partial charge in [0.05, 0.1) is 0 Å². The highest BCUT2D eigenvalue weighted by Crippen LogP contribution is 2.41. The molecule has 2 heteroatoms. The molecule has 74 valence electrons. The van der Waals surface area contributed by atoms with Crippen molar-refractivity contribution in [1.82, 2.24) is 5.32 Å². The molecule has 2 aliphatic rings. The Morgan fingerprint density at radius 3 is 3.07 bits per heavy atom. The zero-order valence-electron chi connectivity index (χ0n) is 8.75. The molecule has 2 heterocycles. The first kappa shape index (κ1) is 8.30. The van der Waals surface area contributed by atoms with Crippen molar-refractivity contribution in [3.05, 3.63) is 29.3 Å². The van der Waals surface area contributed by atoms with Crippen molar-refractivity contribution in [3.63, 3.8) is 0 Å². The minimum atomic E-state index is 0.687. The molecule has 1 aromatic carbocycles. The van der Waals surface area contributed by atoms with Gasteiger partial charge in [-0.2, -0.15) is 0 Å². The number of hydrogen-bond acceptors (Lipinski definition) is 2. The maximum atomic E-state index is 3.47. The van der Waals surface area contributed by atoms with Crippen molar-refractivity contribution < 1.29 is 0 Å². The first-order valence-corrected chi connectivity index (χ1v) is 5.31. The van der Waals surface area contributed by atoms with E-state index in [4.69, 9.17) is 0 Å². The van der Waals surface area contributed by atoms with Gasteiger partial charge in [0.2, 0.25) is 0 Å². The fourth-order valence-electron chi connectivity index (χ4n) is 2.84. The smallest absolute Gasteiger partial charge is 0.0492 e. The summed E-state index contributed by atoms with van der Waals surface area (Å²) >= 11 is 0. The van der Waals surface area contributed by atoms with Gasteiger partial charge in [-0.25, -0.2) is 0 Å². The van der Waals surface area contributed by atoms with Crippen LogP contribution in [-0.4, -0.2) is 26.2 Å². The minimum Gasteiger partial charge on any atom is -0.369 e. The van der Waals surface area contributed by atoms with E-state index in [1.54, 1.807) is 0 Å². The molecule has 1 aromatic rings. The lowest BCUT2D eigenvalue weighted by molar-refractivity contribution is 0.663. The maximum absolute atomic E-state index is 3.47. The summed E-state index contributed by atoms with van der Waals surface area (Å²) in [5.74, 6) is 0.718. The van der Waals surface area contributed by atoms with Crippen LogP contribution < -0.4 is 10.2 Å². The topological polar surface area (TPSA) is 15.3 Å². The van der Waals surface area contributed by atoms with Crippen LogP contribution in [-0.2, 0) is 0 Å². The van der Waals surface area contributed by atoms with Gasteiger partial charge in [0.1, 0.15) is 0 Å². The number of aryl methyl sites for hydroxylation is 1. The van der Waals surface area contributed by atoms with Gasteiger partial charge < -0.3 is 10.2 Å². The second-order valence-electron chi connectivity index (χ2n) is 4.51. The Hall–Kier alpha value is -1.02. The Morgan fingerprint density at radius 2 is 2.21 bits per heavy atom. The summed E-state index contributed by atoms with van der Waals surface area (Å²) < 4.78 is 0. The molecular weight excluding hydrogens is 172 g/mol. The van der Waals surface area contributed by atoms with Crippen LogP contribution in [0.25, 0.3) is 0 Å². The predicted molar refractivity (Wildman–Crippen MR) is 59.0 cm³/mol. The molecule has 0 saturated carbocycles. The normalized spacial score (nSPS) is 29.1. The fraction of sp³-hybridized carbons (Fsp3) is 0.500. The summed E-state index contributed by atoms with van der Waals surface area (Å²) in [5, 5.41) is 3.47. The Morgan fingerprint density at radius 1 is 1.36 bits per heavy atom. The molecule has 14 heavy (non-hydrogen) atoms. The van der Waals surface area contributed by atoms with Crippen LogP contribution in [0.2, 0.25) is 0 Å². The Labute approximate surface area is 84.9 Å². The van der Waals surface area contributed by atoms with Crippen LogP contribution in [0.15, 0.2) is 18.2 Å². The van der Waals surface area contributed by atoms with Crippen molar-refractivity contribution in [2.24, 2.45) is 0 Å². The molecule has 1 saturated heterocycles. The average Bonchev–Trinajstić information content (AvgIpc) is 2.72. The molecule has 1 fully saturated rings. The minimum absolute atomic E-state index is 0.687. The first-order chi connectivity index (χ1) is 6.77. The highest BCUT2D eigenvalue weighted by Gasteiger charge is 2.39. The van der Waals surface area contributed by atoms with Gasteiger partial charge in [0.25, 0.3) is 0 Å². The van der Waals surface area contributed by atoms with Gasteiger partial charge in [-0.3, -0.25) is 0 Å². The van der Waals surface area contributed by atoms with Gasteiger partial charge in [0.15, 0.2) is 0 Å². The zero-order chi connectivity index (χ0) is 9.71. The summed E-state index contributed by atoms with van der Waals surface area (Å²) in [7, 11) is 2.22. The number of hydrogen-bond donors (Lipinski definition) is 1. The predicted octanol–water partition coefficient (Wildman–Crippen LogP) is 1.50. The molecular formula is C12H16N2. The maximum Gasteiger partial charge on any atom is 0.0492 e. The summed E-state index contributed by atoms with van der Waals surface area (Å²) in [5.41, 5.74) is 4.35. The van der Waals surface area contributed by atoms with Gasteiger partial charge in [-0.15, -0.1) is 0 Å². The zero-order valence-corrected chi connectivity index (χ0v) is 8.75. The van der Waals surface area contributed by atoms with E-state index in [1.165, 1.54) is 16.8 Å². The Kier molecular flexibility index (Phi) is 1.62. The molecule has 0 spiro atoms. The van der Waals surface area contributed by atoms with Crippen molar-refractivity contribution in [2.75, 3.05) is 25.0 Å². The Balaban J connectivity index is 2.13. The highest BCUT2D eigenvalue weighted by molar-refractivity contribution is 5.63. The van der Waals surface area contributed by atoms with Crippen molar-refractivity contribution in [2.45, 2.75) is 18.9 Å². The molecule has 1 N–H and O–H groups in total. The van der Waals surface area contributed by atoms with Crippen LogP contribution in [0.3, 0.4) is 0 Å². The van der Waals surface area contributed by atoms with Gasteiger partial charge >= 0.3 is 0 Å². The van der Waals surface area contributed by atoms with E-state index in [-0.39, 0.29) is 0 Å². The highest BCUT2D eigenvalue weighted by atomic mass is 15.2. The van der Waals surface area contributed by atoms with Crippen LogP contribution in [0, 0.1) is 6.92 Å². The molecule has 0 aliphatic carbocycles. The summed E-state index contributed by atoms with van der Waals surface area (Å²) in [4.78, 5) is 2.44. The molecule has 2 aliphatic heterocycles. The van der Waals surface area contributed by atoms with E-state index < -0.39 is 0 Å².